The summed E-state index contributed by atoms with van der Waals surface area (Å²) in [5.74, 6) is 1.21. The summed E-state index contributed by atoms with van der Waals surface area (Å²) in [5.41, 5.74) is 0. The van der Waals surface area contributed by atoms with E-state index in [9.17, 15) is 8.42 Å². The van der Waals surface area contributed by atoms with Gasteiger partial charge in [-0.2, -0.15) is 17.0 Å². The Morgan fingerprint density at radius 2 is 1.56 bits per heavy atom. The fourth-order valence-electron chi connectivity index (χ4n) is 3.61. The van der Waals surface area contributed by atoms with Gasteiger partial charge in [-0.1, -0.05) is 6.42 Å². The average molecular weight is 273 g/mol. The predicted octanol–water partition coefficient (Wildman–Crippen LogP) is 0.258. The van der Waals surface area contributed by atoms with Crippen molar-refractivity contribution in [2.75, 3.05) is 39.3 Å². The van der Waals surface area contributed by atoms with E-state index in [1.807, 2.05) is 0 Å². The predicted molar refractivity (Wildman–Crippen MR) is 70.4 cm³/mol. The van der Waals surface area contributed by atoms with Gasteiger partial charge in [0, 0.05) is 39.3 Å². The Kier molecular flexibility index (Phi) is 3.62. The number of piperazine rings is 1. The molecule has 1 aliphatic carbocycles. The van der Waals surface area contributed by atoms with Gasteiger partial charge in [0.05, 0.1) is 0 Å². The van der Waals surface area contributed by atoms with Crippen LogP contribution < -0.4 is 5.32 Å². The normalized spacial score (nSPS) is 35.6. The molecule has 3 fully saturated rings. The highest BCUT2D eigenvalue weighted by Crippen LogP contribution is 2.35. The second-order valence-corrected chi connectivity index (χ2v) is 7.80. The van der Waals surface area contributed by atoms with Crippen molar-refractivity contribution in [1.29, 1.82) is 0 Å². The summed E-state index contributed by atoms with van der Waals surface area (Å²) in [6, 6.07) is 0. The molecule has 2 unspecified atom stereocenters. The molecular formula is C12H23N3O2S. The molecule has 1 saturated carbocycles. The smallest absolute Gasteiger partial charge is 0.282 e. The standard InChI is InChI=1S/C12H23N3O2S/c16-18(17,14-6-4-13-5-7-14)15-9-11-2-1-3-12(8-11)10-15/h11-13H,1-10H2. The van der Waals surface area contributed by atoms with Crippen LogP contribution in [0.2, 0.25) is 0 Å². The van der Waals surface area contributed by atoms with Crippen molar-refractivity contribution in [3.05, 3.63) is 0 Å². The zero-order valence-electron chi connectivity index (χ0n) is 10.8. The second-order valence-electron chi connectivity index (χ2n) is 5.87. The Bertz CT molecular complexity index is 380. The fourth-order valence-corrected chi connectivity index (χ4v) is 5.38. The van der Waals surface area contributed by atoms with Crippen LogP contribution in [-0.2, 0) is 10.2 Å². The van der Waals surface area contributed by atoms with Gasteiger partial charge in [-0.25, -0.2) is 0 Å². The molecule has 0 aromatic rings. The monoisotopic (exact) mass is 273 g/mol. The molecule has 104 valence electrons. The van der Waals surface area contributed by atoms with Crippen LogP contribution in [0.1, 0.15) is 25.7 Å². The molecule has 0 amide bonds. The lowest BCUT2D eigenvalue weighted by Gasteiger charge is -2.42. The highest BCUT2D eigenvalue weighted by molar-refractivity contribution is 7.86. The molecule has 5 nitrogen and oxygen atoms in total. The maximum atomic E-state index is 12.6. The van der Waals surface area contributed by atoms with Crippen LogP contribution in [0.15, 0.2) is 0 Å². The number of fused-ring (bicyclic) bond motifs is 2. The number of hydrogen-bond donors (Lipinski definition) is 1. The van der Waals surface area contributed by atoms with Crippen LogP contribution in [0.5, 0.6) is 0 Å². The Balaban J connectivity index is 1.72. The molecule has 6 heteroatoms. The molecular weight excluding hydrogens is 250 g/mol. The zero-order chi connectivity index (χ0) is 12.6. The first kappa shape index (κ1) is 12.8. The molecule has 0 aromatic carbocycles. The Labute approximate surface area is 110 Å². The third kappa shape index (κ3) is 2.43. The van der Waals surface area contributed by atoms with Crippen LogP contribution >= 0.6 is 0 Å². The van der Waals surface area contributed by atoms with Crippen molar-refractivity contribution in [3.63, 3.8) is 0 Å². The summed E-state index contributed by atoms with van der Waals surface area (Å²) in [6.45, 7) is 4.30. The van der Waals surface area contributed by atoms with Crippen LogP contribution in [0.25, 0.3) is 0 Å². The average Bonchev–Trinajstić information content (AvgIpc) is 2.39. The fraction of sp³-hybridized carbons (Fsp3) is 1.00. The Morgan fingerprint density at radius 3 is 2.17 bits per heavy atom. The maximum Gasteiger partial charge on any atom is 0.282 e. The van der Waals surface area contributed by atoms with Gasteiger partial charge in [0.2, 0.25) is 0 Å². The molecule has 18 heavy (non-hydrogen) atoms. The van der Waals surface area contributed by atoms with E-state index in [0.717, 1.165) is 26.2 Å². The van der Waals surface area contributed by atoms with Crippen LogP contribution in [0.4, 0.5) is 0 Å². The summed E-state index contributed by atoms with van der Waals surface area (Å²) < 4.78 is 28.6. The largest absolute Gasteiger partial charge is 0.314 e. The van der Waals surface area contributed by atoms with E-state index in [1.54, 1.807) is 8.61 Å². The molecule has 0 aromatic heterocycles. The van der Waals surface area contributed by atoms with Gasteiger partial charge < -0.3 is 5.32 Å². The first-order valence-electron chi connectivity index (χ1n) is 7.12. The number of hydrogen-bond acceptors (Lipinski definition) is 3. The Hall–Kier alpha value is -0.170. The number of piperidine rings is 1. The van der Waals surface area contributed by atoms with Crippen molar-refractivity contribution in [3.8, 4) is 0 Å². The van der Waals surface area contributed by atoms with Gasteiger partial charge in [-0.3, -0.25) is 0 Å². The molecule has 3 aliphatic rings. The van der Waals surface area contributed by atoms with Crippen molar-refractivity contribution >= 4 is 10.2 Å². The quantitative estimate of drug-likeness (QED) is 0.785. The van der Waals surface area contributed by atoms with Gasteiger partial charge in [-0.05, 0) is 31.1 Å². The number of nitrogens with one attached hydrogen (secondary N) is 1. The van der Waals surface area contributed by atoms with Gasteiger partial charge in [0.25, 0.3) is 10.2 Å². The minimum atomic E-state index is -3.20. The molecule has 2 aliphatic heterocycles. The lowest BCUT2D eigenvalue weighted by atomic mass is 9.79. The minimum absolute atomic E-state index is 0.607. The van der Waals surface area contributed by atoms with Crippen molar-refractivity contribution < 1.29 is 8.42 Å². The molecule has 2 bridgehead atoms. The molecule has 2 heterocycles. The van der Waals surface area contributed by atoms with Gasteiger partial charge in [0.1, 0.15) is 0 Å². The van der Waals surface area contributed by atoms with E-state index < -0.39 is 10.2 Å². The van der Waals surface area contributed by atoms with E-state index in [2.05, 4.69) is 5.32 Å². The molecule has 0 radical (unpaired) electrons. The first-order valence-corrected chi connectivity index (χ1v) is 8.52. The SMILES string of the molecule is O=S(=O)(N1CCNCC1)N1CC2CCCC(C2)C1. The third-order valence-corrected chi connectivity index (χ3v) is 6.51. The molecule has 2 atom stereocenters. The van der Waals surface area contributed by atoms with Gasteiger partial charge in [0.15, 0.2) is 0 Å². The second kappa shape index (κ2) is 5.07. The van der Waals surface area contributed by atoms with Gasteiger partial charge in [-0.15, -0.1) is 0 Å². The van der Waals surface area contributed by atoms with Crippen molar-refractivity contribution in [1.82, 2.24) is 13.9 Å². The van der Waals surface area contributed by atoms with Crippen molar-refractivity contribution in [2.24, 2.45) is 11.8 Å². The highest BCUT2D eigenvalue weighted by Gasteiger charge is 2.38. The molecule has 3 rings (SSSR count). The maximum absolute atomic E-state index is 12.6. The van der Waals surface area contributed by atoms with Crippen molar-refractivity contribution in [2.45, 2.75) is 25.7 Å². The molecule has 1 N–H and O–H groups in total. The summed E-state index contributed by atoms with van der Waals surface area (Å²) in [5, 5.41) is 3.21. The van der Waals surface area contributed by atoms with Crippen LogP contribution in [-0.4, -0.2) is 56.3 Å². The summed E-state index contributed by atoms with van der Waals surface area (Å²) in [6.07, 6.45) is 4.96. The van der Waals surface area contributed by atoms with Gasteiger partial charge >= 0.3 is 0 Å². The topological polar surface area (TPSA) is 52.7 Å². The highest BCUT2D eigenvalue weighted by atomic mass is 32.2. The zero-order valence-corrected chi connectivity index (χ0v) is 11.7. The summed E-state index contributed by atoms with van der Waals surface area (Å²) in [7, 11) is -3.20. The third-order valence-electron chi connectivity index (χ3n) is 4.54. The lowest BCUT2D eigenvalue weighted by molar-refractivity contribution is 0.137. The molecule has 2 saturated heterocycles. The number of nitrogens with zero attached hydrogens (tertiary/aromatic N) is 2. The first-order chi connectivity index (χ1) is 8.66. The lowest BCUT2D eigenvalue weighted by Crippen LogP contribution is -2.55. The van der Waals surface area contributed by atoms with Crippen LogP contribution in [0, 0.1) is 11.8 Å². The van der Waals surface area contributed by atoms with E-state index in [-0.39, 0.29) is 0 Å². The summed E-state index contributed by atoms with van der Waals surface area (Å²) >= 11 is 0. The van der Waals surface area contributed by atoms with E-state index in [0.29, 0.717) is 24.9 Å². The Morgan fingerprint density at radius 1 is 0.944 bits per heavy atom. The number of rotatable bonds is 2. The van der Waals surface area contributed by atoms with E-state index in [1.165, 1.54) is 25.7 Å². The summed E-state index contributed by atoms with van der Waals surface area (Å²) in [4.78, 5) is 0. The van der Waals surface area contributed by atoms with E-state index in [4.69, 9.17) is 0 Å². The van der Waals surface area contributed by atoms with Crippen LogP contribution in [0.3, 0.4) is 0 Å². The minimum Gasteiger partial charge on any atom is -0.314 e. The van der Waals surface area contributed by atoms with E-state index >= 15 is 0 Å². The molecule has 0 spiro atoms.